The van der Waals surface area contributed by atoms with Gasteiger partial charge in [-0.1, -0.05) is 30.1 Å². The fraction of sp³-hybridized carbons (Fsp3) is 0.593. The molecule has 3 fully saturated rings. The van der Waals surface area contributed by atoms with E-state index in [0.717, 1.165) is 32.2 Å². The van der Waals surface area contributed by atoms with Gasteiger partial charge in [-0.2, -0.15) is 0 Å². The standard InChI is InChI=1S/C27H37Cl2N9O3/c1-2-15-14-37(25-22(29)34-21(24(31)35-25)26(40)32-18-4-3-5-19(18)39)12-13-38(15)16-8-10-36(11-9-16)27(41)17-6-7-20(28)33-23(17)30/h6-7,15-16,18-19,39H,2-5,8-14H2,1H3,(H2,30,33)(H2,31,35)(H,32,40)/t15-,18+,19+/m0/s1. The molecule has 3 aliphatic rings. The fourth-order valence-corrected chi connectivity index (χ4v) is 6.64. The normalized spacial score (nSPS) is 24.0. The zero-order chi connectivity index (χ0) is 29.3. The first-order valence-electron chi connectivity index (χ1n) is 14.2. The molecule has 0 radical (unpaired) electrons. The number of hydrogen-bond donors (Lipinski definition) is 4. The maximum absolute atomic E-state index is 13.0. The first-order chi connectivity index (χ1) is 19.7. The van der Waals surface area contributed by atoms with E-state index in [2.05, 4.69) is 37.0 Å². The number of carbonyl (C=O) groups is 2. The SMILES string of the molecule is CC[C@H]1CN(c2nc(N)c(C(=O)N[C@@H]3CCC[C@H]3O)nc2Cl)CCN1C1CCN(C(=O)c2ccc(Cl)nc2N)CC1. The van der Waals surface area contributed by atoms with Crippen LogP contribution >= 0.6 is 23.2 Å². The number of pyridine rings is 1. The lowest BCUT2D eigenvalue weighted by Crippen LogP contribution is -2.58. The van der Waals surface area contributed by atoms with Gasteiger partial charge in [0.05, 0.1) is 17.7 Å². The molecule has 2 saturated heterocycles. The number of nitrogens with zero attached hydrogens (tertiary/aromatic N) is 6. The summed E-state index contributed by atoms with van der Waals surface area (Å²) in [6, 6.07) is 3.48. The van der Waals surface area contributed by atoms with Gasteiger partial charge in [-0.05, 0) is 50.7 Å². The van der Waals surface area contributed by atoms with Crippen molar-refractivity contribution in [2.75, 3.05) is 49.1 Å². The van der Waals surface area contributed by atoms with Gasteiger partial charge < -0.3 is 31.7 Å². The number of nitrogens with two attached hydrogens (primary N) is 2. The van der Waals surface area contributed by atoms with E-state index in [1.54, 1.807) is 12.1 Å². The van der Waals surface area contributed by atoms with E-state index in [4.69, 9.17) is 34.7 Å². The third-order valence-corrected chi connectivity index (χ3v) is 8.98. The number of aliphatic hydroxyl groups excluding tert-OH is 1. The second-order valence-corrected chi connectivity index (χ2v) is 11.7. The Morgan fingerprint density at radius 2 is 1.78 bits per heavy atom. The number of piperazine rings is 1. The van der Waals surface area contributed by atoms with Gasteiger partial charge in [-0.3, -0.25) is 14.5 Å². The summed E-state index contributed by atoms with van der Waals surface area (Å²) in [4.78, 5) is 45.0. The van der Waals surface area contributed by atoms with Crippen molar-refractivity contribution < 1.29 is 14.7 Å². The molecule has 6 N–H and O–H groups in total. The highest BCUT2D eigenvalue weighted by Gasteiger charge is 2.36. The molecule has 2 amide bonds. The molecule has 0 bridgehead atoms. The highest BCUT2D eigenvalue weighted by molar-refractivity contribution is 6.32. The molecule has 0 aromatic carbocycles. The van der Waals surface area contributed by atoms with Crippen LogP contribution < -0.4 is 21.7 Å². The summed E-state index contributed by atoms with van der Waals surface area (Å²) in [7, 11) is 0. The molecule has 41 heavy (non-hydrogen) atoms. The van der Waals surface area contributed by atoms with Crippen LogP contribution in [0.5, 0.6) is 0 Å². The Labute approximate surface area is 249 Å². The second kappa shape index (κ2) is 12.5. The Morgan fingerprint density at radius 1 is 1.02 bits per heavy atom. The van der Waals surface area contributed by atoms with Crippen molar-refractivity contribution in [1.82, 2.24) is 30.1 Å². The lowest BCUT2D eigenvalue weighted by atomic mass is 9.97. The summed E-state index contributed by atoms with van der Waals surface area (Å²) in [5.74, 6) is 0.0259. The largest absolute Gasteiger partial charge is 0.391 e. The predicted molar refractivity (Wildman–Crippen MR) is 158 cm³/mol. The van der Waals surface area contributed by atoms with Gasteiger partial charge in [0.2, 0.25) is 0 Å². The summed E-state index contributed by atoms with van der Waals surface area (Å²) in [6.07, 6.45) is 4.28. The van der Waals surface area contributed by atoms with Crippen molar-refractivity contribution in [3.63, 3.8) is 0 Å². The second-order valence-electron chi connectivity index (χ2n) is 11.0. The topological polar surface area (TPSA) is 167 Å². The number of rotatable bonds is 6. The van der Waals surface area contributed by atoms with Gasteiger partial charge in [-0.15, -0.1) is 0 Å². The van der Waals surface area contributed by atoms with Crippen molar-refractivity contribution in [3.05, 3.63) is 33.7 Å². The Hall–Kier alpha value is -2.93. The van der Waals surface area contributed by atoms with Crippen molar-refractivity contribution in [2.45, 2.75) is 69.7 Å². The van der Waals surface area contributed by atoms with Gasteiger partial charge in [-0.25, -0.2) is 15.0 Å². The number of likely N-dealkylation sites (tertiary alicyclic amines) is 1. The van der Waals surface area contributed by atoms with Crippen LogP contribution in [0.3, 0.4) is 0 Å². The minimum atomic E-state index is -0.572. The molecule has 12 nitrogen and oxygen atoms in total. The van der Waals surface area contributed by atoms with Crippen LogP contribution in [0.15, 0.2) is 12.1 Å². The number of anilines is 3. The molecule has 2 aliphatic heterocycles. The van der Waals surface area contributed by atoms with E-state index in [-0.39, 0.29) is 45.6 Å². The molecule has 14 heteroatoms. The van der Waals surface area contributed by atoms with Gasteiger partial charge in [0.1, 0.15) is 11.0 Å². The minimum Gasteiger partial charge on any atom is -0.391 e. The molecule has 2 aromatic rings. The summed E-state index contributed by atoms with van der Waals surface area (Å²) in [5, 5.41) is 13.2. The van der Waals surface area contributed by atoms with E-state index in [0.29, 0.717) is 56.4 Å². The highest BCUT2D eigenvalue weighted by atomic mass is 35.5. The maximum Gasteiger partial charge on any atom is 0.274 e. The van der Waals surface area contributed by atoms with Gasteiger partial charge in [0.25, 0.3) is 11.8 Å². The lowest BCUT2D eigenvalue weighted by Gasteiger charge is -2.47. The van der Waals surface area contributed by atoms with Gasteiger partial charge in [0, 0.05) is 44.8 Å². The van der Waals surface area contributed by atoms with Crippen molar-refractivity contribution in [2.24, 2.45) is 0 Å². The average molecular weight is 607 g/mol. The zero-order valence-electron chi connectivity index (χ0n) is 23.1. The van der Waals surface area contributed by atoms with Crippen LogP contribution in [0.2, 0.25) is 10.3 Å². The molecular formula is C27H37Cl2N9O3. The lowest BCUT2D eigenvalue weighted by molar-refractivity contribution is 0.0491. The van der Waals surface area contributed by atoms with E-state index >= 15 is 0 Å². The quantitative estimate of drug-likeness (QED) is 0.358. The Kier molecular flexibility index (Phi) is 9.03. The maximum atomic E-state index is 13.0. The molecule has 1 saturated carbocycles. The van der Waals surface area contributed by atoms with Crippen LogP contribution in [0.25, 0.3) is 0 Å². The van der Waals surface area contributed by atoms with E-state index in [1.807, 2.05) is 4.90 Å². The first kappa shape index (κ1) is 29.6. The van der Waals surface area contributed by atoms with Crippen molar-refractivity contribution in [3.8, 4) is 0 Å². The van der Waals surface area contributed by atoms with E-state index in [9.17, 15) is 14.7 Å². The molecule has 0 unspecified atom stereocenters. The number of halogens is 2. The van der Waals surface area contributed by atoms with Crippen LogP contribution in [-0.2, 0) is 0 Å². The average Bonchev–Trinajstić information content (AvgIpc) is 3.37. The number of nitrogens with one attached hydrogen (secondary N) is 1. The third-order valence-electron chi connectivity index (χ3n) is 8.52. The number of aliphatic hydroxyl groups is 1. The Morgan fingerprint density at radius 3 is 2.44 bits per heavy atom. The number of piperidine rings is 1. The molecule has 2 aromatic heterocycles. The predicted octanol–water partition coefficient (Wildman–Crippen LogP) is 2.19. The van der Waals surface area contributed by atoms with Crippen LogP contribution in [0, 0.1) is 0 Å². The molecule has 0 spiro atoms. The smallest absolute Gasteiger partial charge is 0.274 e. The Balaban J connectivity index is 1.20. The van der Waals surface area contributed by atoms with E-state index < -0.39 is 12.0 Å². The number of nitrogen functional groups attached to an aromatic ring is 2. The molecule has 3 atom stereocenters. The monoisotopic (exact) mass is 605 g/mol. The third kappa shape index (κ3) is 6.30. The number of amides is 2. The fourth-order valence-electron chi connectivity index (χ4n) is 6.24. The molecule has 1 aliphatic carbocycles. The highest BCUT2D eigenvalue weighted by Crippen LogP contribution is 2.30. The summed E-state index contributed by atoms with van der Waals surface area (Å²) >= 11 is 12.4. The van der Waals surface area contributed by atoms with Crippen LogP contribution in [0.4, 0.5) is 17.5 Å². The first-order valence-corrected chi connectivity index (χ1v) is 15.0. The van der Waals surface area contributed by atoms with E-state index in [1.165, 1.54) is 0 Å². The van der Waals surface area contributed by atoms with Gasteiger partial charge in [0.15, 0.2) is 22.5 Å². The molecular weight excluding hydrogens is 569 g/mol. The Bertz CT molecular complexity index is 1290. The number of carbonyl (C=O) groups excluding carboxylic acids is 2. The minimum absolute atomic E-state index is 0.0124. The number of aromatic nitrogens is 3. The van der Waals surface area contributed by atoms with Crippen LogP contribution in [-0.4, -0.2) is 98.6 Å². The van der Waals surface area contributed by atoms with Crippen molar-refractivity contribution in [1.29, 1.82) is 0 Å². The number of hydrogen-bond acceptors (Lipinski definition) is 10. The zero-order valence-corrected chi connectivity index (χ0v) is 24.6. The summed E-state index contributed by atoms with van der Waals surface area (Å²) < 4.78 is 0. The van der Waals surface area contributed by atoms with Crippen LogP contribution in [0.1, 0.15) is 66.3 Å². The summed E-state index contributed by atoms with van der Waals surface area (Å²) in [5.41, 5.74) is 12.5. The molecule has 222 valence electrons. The summed E-state index contributed by atoms with van der Waals surface area (Å²) in [6.45, 7) is 5.59. The van der Waals surface area contributed by atoms with Crippen molar-refractivity contribution >= 4 is 52.5 Å². The van der Waals surface area contributed by atoms with Gasteiger partial charge >= 0.3 is 0 Å². The molecule has 5 rings (SSSR count). The molecule has 4 heterocycles.